The fourth-order valence-electron chi connectivity index (χ4n) is 3.47. The molecule has 2 fully saturated rings. The summed E-state index contributed by atoms with van der Waals surface area (Å²) in [5, 5.41) is 6.79. The van der Waals surface area contributed by atoms with E-state index in [9.17, 15) is 4.79 Å². The second-order valence-electron chi connectivity index (χ2n) is 6.59. The number of hydrogen-bond acceptors (Lipinski definition) is 3. The molecule has 5 heteroatoms. The molecule has 2 N–H and O–H groups in total. The van der Waals surface area contributed by atoms with Crippen LogP contribution in [0, 0.1) is 0 Å². The Morgan fingerprint density at radius 1 is 1.32 bits per heavy atom. The highest BCUT2D eigenvalue weighted by Gasteiger charge is 2.34. The van der Waals surface area contributed by atoms with Crippen LogP contribution in [0.1, 0.15) is 49.9 Å². The Balaban J connectivity index is 1.71. The van der Waals surface area contributed by atoms with Gasteiger partial charge in [-0.25, -0.2) is 0 Å². The fraction of sp³-hybridized carbons (Fsp3) is 0.588. The van der Waals surface area contributed by atoms with E-state index in [2.05, 4.69) is 26.6 Å². The molecule has 1 aromatic rings. The van der Waals surface area contributed by atoms with E-state index in [4.69, 9.17) is 4.74 Å². The molecule has 1 aromatic carbocycles. The van der Waals surface area contributed by atoms with E-state index >= 15 is 0 Å². The molecule has 4 nitrogen and oxygen atoms in total. The second kappa shape index (κ2) is 6.59. The summed E-state index contributed by atoms with van der Waals surface area (Å²) in [6.07, 6.45) is 4.56. The lowest BCUT2D eigenvalue weighted by Gasteiger charge is -2.30. The monoisotopic (exact) mass is 366 g/mol. The molecule has 1 amide bonds. The molecule has 0 aliphatic carbocycles. The van der Waals surface area contributed by atoms with Crippen molar-refractivity contribution in [2.24, 2.45) is 0 Å². The fourth-order valence-corrected chi connectivity index (χ4v) is 3.81. The lowest BCUT2D eigenvalue weighted by atomic mass is 9.99. The molecule has 3 rings (SSSR count). The molecular formula is C17H23BrN2O2. The van der Waals surface area contributed by atoms with Gasteiger partial charge < -0.3 is 15.4 Å². The van der Waals surface area contributed by atoms with Gasteiger partial charge in [0, 0.05) is 22.6 Å². The summed E-state index contributed by atoms with van der Waals surface area (Å²) in [5.74, 6) is 0.605. The predicted molar refractivity (Wildman–Crippen MR) is 90.3 cm³/mol. The summed E-state index contributed by atoms with van der Waals surface area (Å²) in [4.78, 5) is 12.6. The maximum absolute atomic E-state index is 12.6. The smallest absolute Gasteiger partial charge is 0.255 e. The van der Waals surface area contributed by atoms with Crippen LogP contribution in [0.4, 0.5) is 0 Å². The maximum Gasteiger partial charge on any atom is 0.255 e. The number of carbonyl (C=O) groups is 1. The molecule has 120 valence electrons. The third kappa shape index (κ3) is 3.63. The van der Waals surface area contributed by atoms with E-state index < -0.39 is 0 Å². The van der Waals surface area contributed by atoms with Gasteiger partial charge in [-0.1, -0.05) is 15.9 Å². The first kappa shape index (κ1) is 15.8. The van der Waals surface area contributed by atoms with Crippen molar-refractivity contribution in [2.75, 3.05) is 0 Å². The van der Waals surface area contributed by atoms with Gasteiger partial charge in [0.25, 0.3) is 5.91 Å². The van der Waals surface area contributed by atoms with Crippen molar-refractivity contribution in [1.82, 2.24) is 10.6 Å². The van der Waals surface area contributed by atoms with E-state index in [1.54, 1.807) is 0 Å². The lowest BCUT2D eigenvalue weighted by Crippen LogP contribution is -2.48. The third-order valence-corrected chi connectivity index (χ3v) is 4.85. The number of hydrogen-bond donors (Lipinski definition) is 2. The molecular weight excluding hydrogens is 344 g/mol. The molecule has 0 saturated carbocycles. The first-order chi connectivity index (χ1) is 10.5. The topological polar surface area (TPSA) is 50.4 Å². The van der Waals surface area contributed by atoms with Crippen molar-refractivity contribution in [3.8, 4) is 5.75 Å². The van der Waals surface area contributed by atoms with Crippen LogP contribution < -0.4 is 15.4 Å². The van der Waals surface area contributed by atoms with Gasteiger partial charge in [-0.05, 0) is 57.7 Å². The first-order valence-electron chi connectivity index (χ1n) is 8.04. The van der Waals surface area contributed by atoms with E-state index in [0.717, 1.165) is 17.3 Å². The van der Waals surface area contributed by atoms with Crippen molar-refractivity contribution in [1.29, 1.82) is 0 Å². The molecule has 22 heavy (non-hydrogen) atoms. The Labute approximate surface area is 140 Å². The van der Waals surface area contributed by atoms with Gasteiger partial charge >= 0.3 is 0 Å². The zero-order valence-corrected chi connectivity index (χ0v) is 14.7. The number of ether oxygens (including phenoxy) is 1. The van der Waals surface area contributed by atoms with Crippen molar-refractivity contribution in [3.63, 3.8) is 0 Å². The van der Waals surface area contributed by atoms with Crippen LogP contribution in [0.3, 0.4) is 0 Å². The average Bonchev–Trinajstić information content (AvgIpc) is 2.77. The van der Waals surface area contributed by atoms with E-state index in [1.165, 1.54) is 12.8 Å². The maximum atomic E-state index is 12.6. The third-order valence-electron chi connectivity index (χ3n) is 4.36. The summed E-state index contributed by atoms with van der Waals surface area (Å²) in [6.45, 7) is 3.93. The molecule has 2 unspecified atom stereocenters. The van der Waals surface area contributed by atoms with E-state index in [1.807, 2.05) is 32.0 Å². The Bertz CT molecular complexity index is 550. The Hall–Kier alpha value is -1.07. The standard InChI is InChI=1S/C17H23BrN2O2/c1-10(2)22-16-7-11(18)3-6-15(16)17(21)20-14-8-12-4-5-13(9-14)19-12/h3,6-7,10,12-14,19H,4-5,8-9H2,1-2H3,(H,20,21). The molecule has 2 atom stereocenters. The number of halogens is 1. The number of amides is 1. The Morgan fingerprint density at radius 3 is 2.64 bits per heavy atom. The number of piperidine rings is 1. The quantitative estimate of drug-likeness (QED) is 0.859. The second-order valence-corrected chi connectivity index (χ2v) is 7.50. The largest absolute Gasteiger partial charge is 0.490 e. The molecule has 0 aromatic heterocycles. The first-order valence-corrected chi connectivity index (χ1v) is 8.83. The number of nitrogens with one attached hydrogen (secondary N) is 2. The molecule has 2 heterocycles. The predicted octanol–water partition coefficient (Wildman–Crippen LogP) is 3.25. The van der Waals surface area contributed by atoms with E-state index in [0.29, 0.717) is 23.4 Å². The highest BCUT2D eigenvalue weighted by molar-refractivity contribution is 9.10. The normalized spacial score (nSPS) is 27.0. The zero-order valence-electron chi connectivity index (χ0n) is 13.1. The van der Waals surface area contributed by atoms with Gasteiger partial charge in [0.1, 0.15) is 5.75 Å². The molecule has 0 spiro atoms. The van der Waals surface area contributed by atoms with E-state index in [-0.39, 0.29) is 18.1 Å². The number of fused-ring (bicyclic) bond motifs is 2. The number of benzene rings is 1. The highest BCUT2D eigenvalue weighted by atomic mass is 79.9. The summed E-state index contributed by atoms with van der Waals surface area (Å²) < 4.78 is 6.70. The summed E-state index contributed by atoms with van der Waals surface area (Å²) in [5.41, 5.74) is 0.614. The van der Waals surface area contributed by atoms with Crippen LogP contribution in [0.25, 0.3) is 0 Å². The van der Waals surface area contributed by atoms with Gasteiger partial charge in [-0.3, -0.25) is 4.79 Å². The summed E-state index contributed by atoms with van der Waals surface area (Å²) in [6, 6.07) is 6.98. The van der Waals surface area contributed by atoms with Gasteiger partial charge in [0.2, 0.25) is 0 Å². The van der Waals surface area contributed by atoms with Gasteiger partial charge in [-0.15, -0.1) is 0 Å². The minimum absolute atomic E-state index is 0.0329. The molecule has 2 aliphatic rings. The van der Waals surface area contributed by atoms with Crippen molar-refractivity contribution in [3.05, 3.63) is 28.2 Å². The summed E-state index contributed by atoms with van der Waals surface area (Å²) in [7, 11) is 0. The van der Waals surface area contributed by atoms with Crippen molar-refractivity contribution in [2.45, 2.75) is 63.8 Å². The van der Waals surface area contributed by atoms with Crippen LogP contribution in [0.2, 0.25) is 0 Å². The lowest BCUT2D eigenvalue weighted by molar-refractivity contribution is 0.0918. The molecule has 0 radical (unpaired) electrons. The molecule has 2 saturated heterocycles. The number of rotatable bonds is 4. The molecule has 2 aliphatic heterocycles. The minimum Gasteiger partial charge on any atom is -0.490 e. The van der Waals surface area contributed by atoms with Crippen LogP contribution in [-0.4, -0.2) is 30.1 Å². The average molecular weight is 367 g/mol. The van der Waals surface area contributed by atoms with Crippen molar-refractivity contribution >= 4 is 21.8 Å². The van der Waals surface area contributed by atoms with Crippen LogP contribution in [0.15, 0.2) is 22.7 Å². The van der Waals surface area contributed by atoms with Crippen LogP contribution in [-0.2, 0) is 0 Å². The van der Waals surface area contributed by atoms with Crippen LogP contribution >= 0.6 is 15.9 Å². The van der Waals surface area contributed by atoms with Crippen LogP contribution in [0.5, 0.6) is 5.75 Å². The van der Waals surface area contributed by atoms with Crippen molar-refractivity contribution < 1.29 is 9.53 Å². The van der Waals surface area contributed by atoms with Gasteiger partial charge in [-0.2, -0.15) is 0 Å². The van der Waals surface area contributed by atoms with Gasteiger partial charge in [0.15, 0.2) is 0 Å². The number of carbonyl (C=O) groups excluding carboxylic acids is 1. The summed E-state index contributed by atoms with van der Waals surface area (Å²) >= 11 is 3.44. The van der Waals surface area contributed by atoms with Gasteiger partial charge in [0.05, 0.1) is 11.7 Å². The highest BCUT2D eigenvalue weighted by Crippen LogP contribution is 2.28. The zero-order chi connectivity index (χ0) is 15.7. The Morgan fingerprint density at radius 2 is 2.00 bits per heavy atom. The minimum atomic E-state index is -0.0329. The molecule has 2 bridgehead atoms. The SMILES string of the molecule is CC(C)Oc1cc(Br)ccc1C(=O)NC1CC2CCC(C1)N2. The Kier molecular flexibility index (Phi) is 4.73.